The van der Waals surface area contributed by atoms with Crippen LogP contribution < -0.4 is 4.90 Å². The first-order valence-electron chi connectivity index (χ1n) is 8.08. The molecule has 0 N–H and O–H groups in total. The van der Waals surface area contributed by atoms with Gasteiger partial charge in [0.05, 0.1) is 28.6 Å². The number of thiazole rings is 1. The van der Waals surface area contributed by atoms with E-state index in [0.29, 0.717) is 23.0 Å². The predicted octanol–water partition coefficient (Wildman–Crippen LogP) is 5.81. The summed E-state index contributed by atoms with van der Waals surface area (Å²) >= 11 is 4.98. The lowest BCUT2D eigenvalue weighted by Gasteiger charge is -2.19. The fourth-order valence-corrected chi connectivity index (χ4v) is 4.22. The van der Waals surface area contributed by atoms with E-state index in [1.54, 1.807) is 17.2 Å². The first kappa shape index (κ1) is 17.0. The second-order valence-corrected chi connectivity index (χ2v) is 7.78. The molecule has 4 nitrogen and oxygen atoms in total. The number of nitrogens with zero attached hydrogens (tertiary/aromatic N) is 2. The Morgan fingerprint density at radius 2 is 2.04 bits per heavy atom. The highest BCUT2D eigenvalue weighted by Gasteiger charge is 2.24. The van der Waals surface area contributed by atoms with Crippen molar-refractivity contribution in [1.82, 2.24) is 4.98 Å². The molecule has 0 radical (unpaired) electrons. The Labute approximate surface area is 163 Å². The molecule has 0 saturated carbocycles. The number of anilines is 1. The highest BCUT2D eigenvalue weighted by Crippen LogP contribution is 2.32. The predicted molar refractivity (Wildman–Crippen MR) is 108 cm³/mol. The van der Waals surface area contributed by atoms with Gasteiger partial charge in [0, 0.05) is 4.47 Å². The number of aryl methyl sites for hydroxylation is 1. The summed E-state index contributed by atoms with van der Waals surface area (Å²) in [6, 6.07) is 17.2. The summed E-state index contributed by atoms with van der Waals surface area (Å²) in [6.45, 7) is 2.37. The molecule has 0 spiro atoms. The lowest BCUT2D eigenvalue weighted by atomic mass is 10.2. The Morgan fingerprint density at radius 3 is 2.81 bits per heavy atom. The van der Waals surface area contributed by atoms with Gasteiger partial charge in [-0.05, 0) is 64.8 Å². The number of fused-ring (bicyclic) bond motifs is 1. The maximum absolute atomic E-state index is 13.3. The van der Waals surface area contributed by atoms with Gasteiger partial charge in [-0.3, -0.25) is 9.69 Å². The van der Waals surface area contributed by atoms with E-state index < -0.39 is 0 Å². The van der Waals surface area contributed by atoms with Crippen molar-refractivity contribution in [2.24, 2.45) is 0 Å². The Hall–Kier alpha value is -2.44. The molecule has 26 heavy (non-hydrogen) atoms. The Kier molecular flexibility index (Phi) is 4.61. The van der Waals surface area contributed by atoms with E-state index in [1.165, 1.54) is 16.9 Å². The third-order valence-electron chi connectivity index (χ3n) is 4.01. The van der Waals surface area contributed by atoms with Crippen molar-refractivity contribution in [3.8, 4) is 0 Å². The number of amides is 1. The summed E-state index contributed by atoms with van der Waals surface area (Å²) in [7, 11) is 0. The number of hydrogen-bond acceptors (Lipinski definition) is 4. The normalized spacial score (nSPS) is 11.0. The third kappa shape index (κ3) is 3.30. The molecule has 2 heterocycles. The molecule has 130 valence electrons. The highest BCUT2D eigenvalue weighted by atomic mass is 79.9. The minimum absolute atomic E-state index is 0.121. The summed E-state index contributed by atoms with van der Waals surface area (Å²) in [5, 5.41) is 0.655. The van der Waals surface area contributed by atoms with E-state index in [2.05, 4.69) is 27.0 Å². The van der Waals surface area contributed by atoms with Gasteiger partial charge in [-0.1, -0.05) is 29.5 Å². The number of aromatic nitrogens is 1. The molecule has 2 aromatic heterocycles. The third-order valence-corrected chi connectivity index (χ3v) is 5.74. The molecule has 4 rings (SSSR count). The summed E-state index contributed by atoms with van der Waals surface area (Å²) < 4.78 is 7.28. The number of carbonyl (C=O) groups excluding carboxylic acids is 1. The lowest BCUT2D eigenvalue weighted by Crippen LogP contribution is -2.30. The maximum atomic E-state index is 13.3. The van der Waals surface area contributed by atoms with Crippen LogP contribution in [0.5, 0.6) is 0 Å². The van der Waals surface area contributed by atoms with Crippen LogP contribution in [-0.4, -0.2) is 10.9 Å². The molecule has 1 amide bonds. The van der Waals surface area contributed by atoms with Crippen LogP contribution in [0.4, 0.5) is 5.13 Å². The minimum atomic E-state index is -0.121. The summed E-state index contributed by atoms with van der Waals surface area (Å²) in [5.41, 5.74) is 2.65. The number of benzene rings is 2. The zero-order valence-corrected chi connectivity index (χ0v) is 16.4. The van der Waals surface area contributed by atoms with Crippen LogP contribution in [0.1, 0.15) is 21.7 Å². The molecule has 0 unspecified atom stereocenters. The molecule has 0 aliphatic carbocycles. The molecule has 0 bridgehead atoms. The summed E-state index contributed by atoms with van der Waals surface area (Å²) in [5.74, 6) is 0.588. The van der Waals surface area contributed by atoms with Crippen LogP contribution in [-0.2, 0) is 6.54 Å². The topological polar surface area (TPSA) is 46.3 Å². The molecular formula is C20H15BrN2O2S. The maximum Gasteiger partial charge on any atom is 0.261 e. The van der Waals surface area contributed by atoms with Crippen LogP contribution in [0.3, 0.4) is 0 Å². The lowest BCUT2D eigenvalue weighted by molar-refractivity contribution is 0.0982. The van der Waals surface area contributed by atoms with E-state index in [0.717, 1.165) is 14.7 Å². The Bertz CT molecular complexity index is 1070. The smallest absolute Gasteiger partial charge is 0.261 e. The van der Waals surface area contributed by atoms with Gasteiger partial charge >= 0.3 is 0 Å². The second-order valence-electron chi connectivity index (χ2n) is 5.92. The van der Waals surface area contributed by atoms with E-state index in [9.17, 15) is 4.79 Å². The number of carbonyl (C=O) groups is 1. The van der Waals surface area contributed by atoms with Gasteiger partial charge in [0.1, 0.15) is 5.76 Å². The van der Waals surface area contributed by atoms with Crippen molar-refractivity contribution in [3.05, 3.63) is 82.2 Å². The van der Waals surface area contributed by atoms with Crippen molar-refractivity contribution in [1.29, 1.82) is 0 Å². The second kappa shape index (κ2) is 7.05. The molecular weight excluding hydrogens is 412 g/mol. The van der Waals surface area contributed by atoms with Crippen LogP contribution in [0.25, 0.3) is 10.2 Å². The zero-order chi connectivity index (χ0) is 18.1. The number of furan rings is 1. The number of hydrogen-bond donors (Lipinski definition) is 0. The molecule has 0 saturated heterocycles. The minimum Gasteiger partial charge on any atom is -0.467 e. The molecule has 0 atom stereocenters. The number of rotatable bonds is 4. The fourth-order valence-electron chi connectivity index (χ4n) is 2.70. The van der Waals surface area contributed by atoms with Gasteiger partial charge in [0.15, 0.2) is 5.13 Å². The van der Waals surface area contributed by atoms with Crippen LogP contribution in [0.2, 0.25) is 0 Å². The first-order valence-corrected chi connectivity index (χ1v) is 9.69. The van der Waals surface area contributed by atoms with Gasteiger partial charge in [0.2, 0.25) is 0 Å². The average Bonchev–Trinajstić information content (AvgIpc) is 3.28. The van der Waals surface area contributed by atoms with Crippen LogP contribution >= 0.6 is 27.3 Å². The van der Waals surface area contributed by atoms with Crippen molar-refractivity contribution >= 4 is 48.5 Å². The highest BCUT2D eigenvalue weighted by molar-refractivity contribution is 9.10. The first-order chi connectivity index (χ1) is 12.6. The van der Waals surface area contributed by atoms with Gasteiger partial charge in [-0.25, -0.2) is 4.98 Å². The summed E-state index contributed by atoms with van der Waals surface area (Å²) in [6.07, 6.45) is 1.61. The van der Waals surface area contributed by atoms with Crippen molar-refractivity contribution in [2.45, 2.75) is 13.5 Å². The SMILES string of the molecule is Cc1ccc2nc(N(Cc3ccco3)C(=O)c3ccccc3Br)sc2c1. The number of halogens is 1. The van der Waals surface area contributed by atoms with Crippen molar-refractivity contribution in [2.75, 3.05) is 4.90 Å². The van der Waals surface area contributed by atoms with E-state index >= 15 is 0 Å². The Balaban J connectivity index is 1.79. The van der Waals surface area contributed by atoms with E-state index in [4.69, 9.17) is 4.42 Å². The molecule has 0 aliphatic rings. The molecule has 0 fully saturated rings. The van der Waals surface area contributed by atoms with E-state index in [1.807, 2.05) is 49.4 Å². The van der Waals surface area contributed by atoms with Gasteiger partial charge in [-0.2, -0.15) is 0 Å². The van der Waals surface area contributed by atoms with Gasteiger partial charge < -0.3 is 4.42 Å². The van der Waals surface area contributed by atoms with E-state index in [-0.39, 0.29) is 5.91 Å². The Morgan fingerprint density at radius 1 is 1.19 bits per heavy atom. The standard InChI is InChI=1S/C20H15BrN2O2S/c1-13-8-9-17-18(11-13)26-20(22-17)23(12-14-5-4-10-25-14)19(24)15-6-2-3-7-16(15)21/h2-11H,12H2,1H3. The summed E-state index contributed by atoms with van der Waals surface area (Å²) in [4.78, 5) is 19.6. The largest absolute Gasteiger partial charge is 0.467 e. The van der Waals surface area contributed by atoms with Gasteiger partial charge in [-0.15, -0.1) is 0 Å². The quantitative estimate of drug-likeness (QED) is 0.413. The molecule has 6 heteroatoms. The van der Waals surface area contributed by atoms with Crippen LogP contribution in [0.15, 0.2) is 69.8 Å². The van der Waals surface area contributed by atoms with Gasteiger partial charge in [0.25, 0.3) is 5.91 Å². The molecule has 0 aliphatic heterocycles. The monoisotopic (exact) mass is 426 g/mol. The molecule has 4 aromatic rings. The average molecular weight is 427 g/mol. The van der Waals surface area contributed by atoms with Crippen molar-refractivity contribution < 1.29 is 9.21 Å². The zero-order valence-electron chi connectivity index (χ0n) is 14.0. The molecule has 2 aromatic carbocycles. The van der Waals surface area contributed by atoms with Crippen LogP contribution in [0, 0.1) is 6.92 Å². The van der Waals surface area contributed by atoms with Crippen molar-refractivity contribution in [3.63, 3.8) is 0 Å². The fraction of sp³-hybridized carbons (Fsp3) is 0.100.